The van der Waals surface area contributed by atoms with Gasteiger partial charge in [0, 0.05) is 44.3 Å². The quantitative estimate of drug-likeness (QED) is 0.144. The third-order valence-corrected chi connectivity index (χ3v) is 13.6. The average Bonchev–Trinajstić information content (AvgIpc) is 3.97. The predicted octanol–water partition coefficient (Wildman–Crippen LogP) is 18.5. The highest BCUT2D eigenvalue weighted by Crippen LogP contribution is 2.41. The first kappa shape index (κ1) is 40.1. The van der Waals surface area contributed by atoms with E-state index in [-0.39, 0.29) is 0 Å². The van der Waals surface area contributed by atoms with Gasteiger partial charge in [0.1, 0.15) is 11.2 Å². The fourth-order valence-electron chi connectivity index (χ4n) is 10.1. The second-order valence-electron chi connectivity index (χ2n) is 17.7. The monoisotopic (exact) mass is 880 g/mol. The zero-order valence-electron chi connectivity index (χ0n) is 37.7. The van der Waals surface area contributed by atoms with E-state index >= 15 is 0 Å². The molecule has 0 N–H and O–H groups in total. The van der Waals surface area contributed by atoms with Crippen molar-refractivity contribution in [2.75, 3.05) is 4.90 Å². The summed E-state index contributed by atoms with van der Waals surface area (Å²) < 4.78 is 8.71. The van der Waals surface area contributed by atoms with Gasteiger partial charge in [0.2, 0.25) is 0 Å². The molecule has 69 heavy (non-hydrogen) atoms. The van der Waals surface area contributed by atoms with Crippen molar-refractivity contribution in [1.29, 1.82) is 0 Å². The van der Waals surface area contributed by atoms with Gasteiger partial charge in [-0.25, -0.2) is 0 Å². The van der Waals surface area contributed by atoms with Crippen molar-refractivity contribution in [2.45, 2.75) is 0 Å². The molecule has 3 heteroatoms. The van der Waals surface area contributed by atoms with Gasteiger partial charge in [-0.15, -0.1) is 0 Å². The first-order valence-electron chi connectivity index (χ1n) is 23.6. The Morgan fingerprint density at radius 1 is 0.246 bits per heavy atom. The molecular formula is C66H44N2O. The molecule has 0 aliphatic rings. The van der Waals surface area contributed by atoms with E-state index in [0.717, 1.165) is 61.4 Å². The Labute approximate surface area is 401 Å². The maximum atomic E-state index is 6.32. The molecule has 0 aliphatic heterocycles. The summed E-state index contributed by atoms with van der Waals surface area (Å²) in [4.78, 5) is 2.35. The standard InChI is InChI=1S/C66H44N2O/c1-5-13-45(14-6-1)48-21-31-56(32-22-48)67(58-35-25-50(26-36-58)54-30-40-66-62(44-54)61-43-53(29-39-65(61)69-66)47-17-9-3-10-18-47)57-33-23-49(24-34-57)52-28-38-64-60(42-52)59-41-51(46-15-7-2-8-16-46)27-37-63(59)68(64)55-19-11-4-12-20-55/h1-44H. The largest absolute Gasteiger partial charge is 0.456 e. The predicted molar refractivity (Wildman–Crippen MR) is 290 cm³/mol. The molecule has 0 bridgehead atoms. The molecule has 3 nitrogen and oxygen atoms in total. The van der Waals surface area contributed by atoms with Gasteiger partial charge in [0.15, 0.2) is 0 Å². The first-order chi connectivity index (χ1) is 34.2. The fraction of sp³-hybridized carbons (Fsp3) is 0. The molecule has 324 valence electrons. The van der Waals surface area contributed by atoms with Crippen molar-refractivity contribution in [3.8, 4) is 61.3 Å². The highest BCUT2D eigenvalue weighted by atomic mass is 16.3. The molecule has 0 saturated carbocycles. The molecule has 2 heterocycles. The van der Waals surface area contributed by atoms with E-state index in [2.05, 4.69) is 276 Å². The third-order valence-electron chi connectivity index (χ3n) is 13.6. The van der Waals surface area contributed by atoms with Crippen LogP contribution in [0, 0.1) is 0 Å². The smallest absolute Gasteiger partial charge is 0.135 e. The normalized spacial score (nSPS) is 11.5. The Morgan fingerprint density at radius 3 is 0.928 bits per heavy atom. The lowest BCUT2D eigenvalue weighted by Crippen LogP contribution is -2.09. The molecule has 0 aliphatic carbocycles. The van der Waals surface area contributed by atoms with Crippen LogP contribution in [0.2, 0.25) is 0 Å². The summed E-state index contributed by atoms with van der Waals surface area (Å²) in [6, 6.07) is 96.1. The van der Waals surface area contributed by atoms with Crippen molar-refractivity contribution < 1.29 is 4.42 Å². The molecule has 11 aromatic carbocycles. The van der Waals surface area contributed by atoms with Gasteiger partial charge in [-0.2, -0.15) is 0 Å². The zero-order chi connectivity index (χ0) is 45.7. The topological polar surface area (TPSA) is 21.3 Å². The van der Waals surface area contributed by atoms with E-state index in [9.17, 15) is 0 Å². The van der Waals surface area contributed by atoms with Crippen LogP contribution < -0.4 is 4.90 Å². The minimum Gasteiger partial charge on any atom is -0.456 e. The van der Waals surface area contributed by atoms with E-state index in [0.29, 0.717) is 0 Å². The number of para-hydroxylation sites is 1. The maximum absolute atomic E-state index is 6.32. The lowest BCUT2D eigenvalue weighted by molar-refractivity contribution is 0.669. The molecule has 13 aromatic rings. The summed E-state index contributed by atoms with van der Waals surface area (Å²) >= 11 is 0. The third kappa shape index (κ3) is 7.34. The number of fused-ring (bicyclic) bond motifs is 6. The Kier molecular flexibility index (Phi) is 9.84. The molecular weight excluding hydrogens is 837 g/mol. The lowest BCUT2D eigenvalue weighted by Gasteiger charge is -2.26. The summed E-state index contributed by atoms with van der Waals surface area (Å²) in [6.45, 7) is 0. The van der Waals surface area contributed by atoms with Crippen LogP contribution in [-0.4, -0.2) is 4.57 Å². The summed E-state index contributed by atoms with van der Waals surface area (Å²) in [5.41, 5.74) is 20.3. The van der Waals surface area contributed by atoms with Crippen molar-refractivity contribution in [3.05, 3.63) is 267 Å². The Balaban J connectivity index is 0.873. The van der Waals surface area contributed by atoms with E-state index in [4.69, 9.17) is 4.42 Å². The summed E-state index contributed by atoms with van der Waals surface area (Å²) in [7, 11) is 0. The fourth-order valence-corrected chi connectivity index (χ4v) is 10.1. The second kappa shape index (κ2) is 16.9. The number of anilines is 3. The molecule has 13 rings (SSSR count). The summed E-state index contributed by atoms with van der Waals surface area (Å²) in [5, 5.41) is 4.69. The number of furan rings is 1. The van der Waals surface area contributed by atoms with Crippen molar-refractivity contribution >= 4 is 60.8 Å². The highest BCUT2D eigenvalue weighted by Gasteiger charge is 2.18. The van der Waals surface area contributed by atoms with Gasteiger partial charge in [-0.1, -0.05) is 170 Å². The van der Waals surface area contributed by atoms with E-state index in [1.807, 2.05) is 0 Å². The number of hydrogen-bond donors (Lipinski definition) is 0. The molecule has 2 aromatic heterocycles. The van der Waals surface area contributed by atoms with Crippen molar-refractivity contribution in [1.82, 2.24) is 4.57 Å². The van der Waals surface area contributed by atoms with Gasteiger partial charge >= 0.3 is 0 Å². The number of hydrogen-bond acceptors (Lipinski definition) is 2. The van der Waals surface area contributed by atoms with Gasteiger partial charge in [0.25, 0.3) is 0 Å². The lowest BCUT2D eigenvalue weighted by atomic mass is 9.99. The number of benzene rings is 11. The van der Waals surface area contributed by atoms with Gasteiger partial charge in [0.05, 0.1) is 11.0 Å². The van der Waals surface area contributed by atoms with Crippen LogP contribution in [0.5, 0.6) is 0 Å². The Bertz CT molecular complexity index is 3950. The SMILES string of the molecule is c1ccc(-c2ccc(N(c3ccc(-c4ccc5oc6ccc(-c7ccccc7)cc6c5c4)cc3)c3ccc(-c4ccc5c(c4)c4cc(-c6ccccc6)ccc4n5-c4ccccc4)cc3)cc2)cc1. The summed E-state index contributed by atoms with van der Waals surface area (Å²) in [6.07, 6.45) is 0. The second-order valence-corrected chi connectivity index (χ2v) is 17.7. The average molecular weight is 881 g/mol. The minimum absolute atomic E-state index is 0.889. The molecule has 0 saturated heterocycles. The van der Waals surface area contributed by atoms with E-state index < -0.39 is 0 Å². The Hall–Kier alpha value is -9.18. The van der Waals surface area contributed by atoms with Gasteiger partial charge < -0.3 is 13.9 Å². The van der Waals surface area contributed by atoms with Crippen molar-refractivity contribution in [2.24, 2.45) is 0 Å². The summed E-state index contributed by atoms with van der Waals surface area (Å²) in [5.74, 6) is 0. The van der Waals surface area contributed by atoms with Crippen LogP contribution in [0.15, 0.2) is 271 Å². The first-order valence-corrected chi connectivity index (χ1v) is 23.6. The maximum Gasteiger partial charge on any atom is 0.135 e. The van der Waals surface area contributed by atoms with Gasteiger partial charge in [-0.3, -0.25) is 0 Å². The highest BCUT2D eigenvalue weighted by molar-refractivity contribution is 6.12. The number of rotatable bonds is 9. The van der Waals surface area contributed by atoms with Gasteiger partial charge in [-0.05, 0) is 153 Å². The molecule has 0 radical (unpaired) electrons. The van der Waals surface area contributed by atoms with Crippen molar-refractivity contribution in [3.63, 3.8) is 0 Å². The molecule has 0 amide bonds. The molecule has 0 atom stereocenters. The van der Waals surface area contributed by atoms with Crippen LogP contribution in [0.25, 0.3) is 105 Å². The Morgan fingerprint density at radius 2 is 0.536 bits per heavy atom. The van der Waals surface area contributed by atoms with Crippen LogP contribution in [0.3, 0.4) is 0 Å². The van der Waals surface area contributed by atoms with E-state index in [1.54, 1.807) is 0 Å². The minimum atomic E-state index is 0.889. The molecule has 0 unspecified atom stereocenters. The van der Waals surface area contributed by atoms with Crippen LogP contribution in [0.1, 0.15) is 0 Å². The number of nitrogens with zero attached hydrogens (tertiary/aromatic N) is 2. The molecule has 0 fully saturated rings. The van der Waals surface area contributed by atoms with Crippen LogP contribution >= 0.6 is 0 Å². The zero-order valence-corrected chi connectivity index (χ0v) is 37.7. The molecule has 0 spiro atoms. The number of aromatic nitrogens is 1. The van der Waals surface area contributed by atoms with Crippen LogP contribution in [-0.2, 0) is 0 Å². The van der Waals surface area contributed by atoms with E-state index in [1.165, 1.54) is 60.8 Å². The van der Waals surface area contributed by atoms with Crippen LogP contribution in [0.4, 0.5) is 17.1 Å².